The first-order chi connectivity index (χ1) is 4.85. The molecule has 0 saturated heterocycles. The van der Waals surface area contributed by atoms with Crippen molar-refractivity contribution in [3.63, 3.8) is 0 Å². The first kappa shape index (κ1) is 10.8. The molecule has 0 atom stereocenters. The van der Waals surface area contributed by atoms with E-state index < -0.39 is 0 Å². The summed E-state index contributed by atoms with van der Waals surface area (Å²) in [6.07, 6.45) is 0. The Morgan fingerprint density at radius 2 is 1.00 bits per heavy atom. The van der Waals surface area contributed by atoms with Gasteiger partial charge in [0, 0.05) is 37.3 Å². The zero-order valence-electron chi connectivity index (χ0n) is 5.82. The van der Waals surface area contributed by atoms with Gasteiger partial charge in [-0.1, -0.05) is 0 Å². The van der Waals surface area contributed by atoms with Crippen molar-refractivity contribution >= 4 is 34.8 Å². The molecule has 4 heteroatoms. The van der Waals surface area contributed by atoms with Gasteiger partial charge in [0.2, 0.25) is 0 Å². The highest BCUT2D eigenvalue weighted by molar-refractivity contribution is 6.18. The lowest BCUT2D eigenvalue weighted by Gasteiger charge is -2.17. The maximum atomic E-state index is 5.54. The van der Waals surface area contributed by atoms with Gasteiger partial charge in [0.25, 0.3) is 0 Å². The van der Waals surface area contributed by atoms with Crippen molar-refractivity contribution in [2.24, 2.45) is 0 Å². The fourth-order valence-electron chi connectivity index (χ4n) is 0.694. The van der Waals surface area contributed by atoms with E-state index in [0.717, 1.165) is 19.6 Å². The van der Waals surface area contributed by atoms with Crippen molar-refractivity contribution in [2.45, 2.75) is 0 Å². The Bertz CT molecular complexity index is 55.7. The molecule has 0 heterocycles. The Morgan fingerprint density at radius 1 is 0.700 bits per heavy atom. The van der Waals surface area contributed by atoms with Crippen LogP contribution in [-0.4, -0.2) is 42.2 Å². The second-order valence-corrected chi connectivity index (χ2v) is 3.04. The second-order valence-electron chi connectivity index (χ2n) is 1.91. The van der Waals surface area contributed by atoms with E-state index >= 15 is 0 Å². The van der Waals surface area contributed by atoms with Crippen molar-refractivity contribution in [3.8, 4) is 0 Å². The predicted octanol–water partition coefficient (Wildman–Crippen LogP) is 2.00. The summed E-state index contributed by atoms with van der Waals surface area (Å²) >= 11 is 16.6. The molecule has 0 aromatic carbocycles. The van der Waals surface area contributed by atoms with Crippen molar-refractivity contribution in [2.75, 3.05) is 37.3 Å². The highest BCUT2D eigenvalue weighted by Crippen LogP contribution is 1.92. The molecular formula is C6H12Cl3N. The van der Waals surface area contributed by atoms with Crippen LogP contribution in [0.25, 0.3) is 0 Å². The number of rotatable bonds is 6. The molecule has 0 aliphatic rings. The van der Waals surface area contributed by atoms with Crippen LogP contribution in [0.4, 0.5) is 0 Å². The first-order valence-corrected chi connectivity index (χ1v) is 4.85. The molecule has 0 radical (unpaired) electrons. The molecule has 0 unspecified atom stereocenters. The van der Waals surface area contributed by atoms with Crippen LogP contribution in [0.2, 0.25) is 0 Å². The molecule has 0 spiro atoms. The number of hydrogen-bond donors (Lipinski definition) is 0. The van der Waals surface area contributed by atoms with E-state index in [2.05, 4.69) is 4.90 Å². The Morgan fingerprint density at radius 3 is 1.20 bits per heavy atom. The van der Waals surface area contributed by atoms with Crippen LogP contribution < -0.4 is 0 Å². The number of halogens is 3. The molecule has 0 aliphatic carbocycles. The van der Waals surface area contributed by atoms with E-state index in [1.807, 2.05) is 0 Å². The van der Waals surface area contributed by atoms with Gasteiger partial charge < -0.3 is 0 Å². The van der Waals surface area contributed by atoms with Gasteiger partial charge in [-0.15, -0.1) is 34.8 Å². The second kappa shape index (κ2) is 7.93. The van der Waals surface area contributed by atoms with Crippen molar-refractivity contribution in [3.05, 3.63) is 0 Å². The lowest BCUT2D eigenvalue weighted by molar-refractivity contribution is 0.327. The fraction of sp³-hybridized carbons (Fsp3) is 1.00. The van der Waals surface area contributed by atoms with Crippen LogP contribution in [-0.2, 0) is 0 Å². The van der Waals surface area contributed by atoms with Gasteiger partial charge in [-0.25, -0.2) is 0 Å². The zero-order valence-corrected chi connectivity index (χ0v) is 8.09. The summed E-state index contributed by atoms with van der Waals surface area (Å²) in [5, 5.41) is 0. The largest absolute Gasteiger partial charge is 0.300 e. The summed E-state index contributed by atoms with van der Waals surface area (Å²) in [6, 6.07) is 0. The van der Waals surface area contributed by atoms with Crippen LogP contribution in [0.15, 0.2) is 0 Å². The summed E-state index contributed by atoms with van der Waals surface area (Å²) in [6.45, 7) is 2.63. The third-order valence-corrected chi connectivity index (χ3v) is 1.71. The average Bonchev–Trinajstić information content (AvgIpc) is 1.90. The topological polar surface area (TPSA) is 3.24 Å². The molecular weight excluding hydrogens is 198 g/mol. The molecule has 0 bridgehead atoms. The lowest BCUT2D eigenvalue weighted by Crippen LogP contribution is -2.29. The van der Waals surface area contributed by atoms with Crippen LogP contribution in [0.3, 0.4) is 0 Å². The molecule has 0 aromatic heterocycles. The maximum absolute atomic E-state index is 5.54. The van der Waals surface area contributed by atoms with E-state index in [1.54, 1.807) is 0 Å². The molecule has 0 aliphatic heterocycles. The van der Waals surface area contributed by atoms with Gasteiger partial charge in [-0.05, 0) is 0 Å². The minimum Gasteiger partial charge on any atom is -0.300 e. The van der Waals surface area contributed by atoms with Crippen LogP contribution >= 0.6 is 34.8 Å². The Labute approximate surface area is 77.2 Å². The Balaban J connectivity index is 3.30. The van der Waals surface area contributed by atoms with Gasteiger partial charge in [-0.2, -0.15) is 0 Å². The summed E-state index contributed by atoms with van der Waals surface area (Å²) < 4.78 is 0. The van der Waals surface area contributed by atoms with Crippen molar-refractivity contribution in [1.82, 2.24) is 4.90 Å². The molecule has 0 fully saturated rings. The molecule has 0 amide bonds. The SMILES string of the molecule is Cl[13CH2][13CH2]N([13CH2][13CH2]Cl)[13CH2][13CH2]Cl. The normalized spacial score (nSPS) is 10.8. The van der Waals surface area contributed by atoms with E-state index in [9.17, 15) is 0 Å². The van der Waals surface area contributed by atoms with Crippen LogP contribution in [0.5, 0.6) is 0 Å². The van der Waals surface area contributed by atoms with Crippen LogP contribution in [0.1, 0.15) is 0 Å². The van der Waals surface area contributed by atoms with E-state index in [0.29, 0.717) is 17.6 Å². The summed E-state index contributed by atoms with van der Waals surface area (Å²) in [5.74, 6) is 1.94. The van der Waals surface area contributed by atoms with Gasteiger partial charge in [0.1, 0.15) is 0 Å². The van der Waals surface area contributed by atoms with Crippen molar-refractivity contribution in [1.29, 1.82) is 0 Å². The molecule has 62 valence electrons. The first-order valence-electron chi connectivity index (χ1n) is 3.25. The third-order valence-electron chi connectivity index (χ3n) is 1.20. The van der Waals surface area contributed by atoms with E-state index in [4.69, 9.17) is 34.8 Å². The fourth-order valence-corrected chi connectivity index (χ4v) is 1.41. The highest BCUT2D eigenvalue weighted by Gasteiger charge is 2.00. The third kappa shape index (κ3) is 5.60. The quantitative estimate of drug-likeness (QED) is 0.479. The molecule has 0 saturated carbocycles. The minimum atomic E-state index is 0.647. The van der Waals surface area contributed by atoms with Gasteiger partial charge in [0.15, 0.2) is 0 Å². The van der Waals surface area contributed by atoms with E-state index in [1.165, 1.54) is 0 Å². The van der Waals surface area contributed by atoms with E-state index in [-0.39, 0.29) is 0 Å². The summed E-state index contributed by atoms with van der Waals surface area (Å²) in [4.78, 5) is 2.15. The number of nitrogens with zero attached hydrogens (tertiary/aromatic N) is 1. The van der Waals surface area contributed by atoms with Gasteiger partial charge in [0.05, 0.1) is 0 Å². The summed E-state index contributed by atoms with van der Waals surface area (Å²) in [7, 11) is 0. The lowest BCUT2D eigenvalue weighted by atomic mass is 11.3. The molecule has 10 heavy (non-hydrogen) atoms. The monoisotopic (exact) mass is 209 g/mol. The van der Waals surface area contributed by atoms with Crippen LogP contribution in [0, 0.1) is 0 Å². The highest BCUT2D eigenvalue weighted by atomic mass is 35.5. The zero-order chi connectivity index (χ0) is 7.82. The Hall–Kier alpha value is 0.830. The number of hydrogen-bond acceptors (Lipinski definition) is 1. The molecule has 1 nitrogen and oxygen atoms in total. The number of alkyl halides is 3. The standard InChI is InChI=1S/C6H12Cl3N/c7-1-4-10(5-2-8)6-3-9/h1-6H2/i1+1,2+1,3+1,4+1,5+1,6+1. The van der Waals surface area contributed by atoms with Crippen molar-refractivity contribution < 1.29 is 0 Å². The molecule has 0 rings (SSSR count). The van der Waals surface area contributed by atoms with Gasteiger partial charge >= 0.3 is 0 Å². The smallest absolute Gasteiger partial charge is 0.0351 e. The average molecular weight is 210 g/mol. The maximum Gasteiger partial charge on any atom is 0.0351 e. The molecule has 0 N–H and O–H groups in total. The predicted molar refractivity (Wildman–Crippen MR) is 48.6 cm³/mol. The summed E-state index contributed by atoms with van der Waals surface area (Å²) in [5.41, 5.74) is 0. The molecule has 0 aromatic rings. The Kier molecular flexibility index (Phi) is 8.59. The minimum absolute atomic E-state index is 0.647. The van der Waals surface area contributed by atoms with Gasteiger partial charge in [-0.3, -0.25) is 4.90 Å².